The van der Waals surface area contributed by atoms with Gasteiger partial charge in [-0.3, -0.25) is 9.52 Å². The molecule has 12 heteroatoms. The summed E-state index contributed by atoms with van der Waals surface area (Å²) < 4.78 is 54.6. The van der Waals surface area contributed by atoms with Crippen molar-refractivity contribution in [2.24, 2.45) is 5.10 Å². The average molecular weight is 533 g/mol. The van der Waals surface area contributed by atoms with Crippen LogP contribution in [0.3, 0.4) is 0 Å². The number of nitrogens with zero attached hydrogens (tertiary/aromatic N) is 2. The highest BCUT2D eigenvalue weighted by molar-refractivity contribution is 7.94. The van der Waals surface area contributed by atoms with E-state index < -0.39 is 26.0 Å². The second-order valence-corrected chi connectivity index (χ2v) is 12.7. The van der Waals surface area contributed by atoms with Crippen molar-refractivity contribution < 1.29 is 21.6 Å². The summed E-state index contributed by atoms with van der Waals surface area (Å²) in [6.45, 7) is 2.73. The van der Waals surface area contributed by atoms with Gasteiger partial charge in [0.1, 0.15) is 4.21 Å². The van der Waals surface area contributed by atoms with Gasteiger partial charge in [0, 0.05) is 13.1 Å². The Kier molecular flexibility index (Phi) is 7.36. The van der Waals surface area contributed by atoms with Gasteiger partial charge in [0.25, 0.3) is 15.9 Å². The topological polar surface area (TPSA) is 125 Å². The van der Waals surface area contributed by atoms with Crippen molar-refractivity contribution in [1.29, 1.82) is 0 Å². The SMILES string of the molecule is C/C(=N/NC(=O)c1ccccc1NS(=O)(=O)c1cccs1)c1ccc(S(=O)(=O)N2CCCC2)cc1. The Labute approximate surface area is 208 Å². The maximum Gasteiger partial charge on any atom is 0.273 e. The molecular weight excluding hydrogens is 508 g/mol. The summed E-state index contributed by atoms with van der Waals surface area (Å²) in [5.41, 5.74) is 3.77. The molecule has 2 N–H and O–H groups in total. The number of benzene rings is 2. The van der Waals surface area contributed by atoms with E-state index in [-0.39, 0.29) is 20.4 Å². The van der Waals surface area contributed by atoms with Gasteiger partial charge in [-0.1, -0.05) is 30.3 Å². The van der Waals surface area contributed by atoms with Crippen molar-refractivity contribution in [2.45, 2.75) is 28.9 Å². The molecule has 35 heavy (non-hydrogen) atoms. The second-order valence-electron chi connectivity index (χ2n) is 7.86. The number of amides is 1. The summed E-state index contributed by atoms with van der Waals surface area (Å²) in [5.74, 6) is -0.595. The molecule has 4 rings (SSSR count). The van der Waals surface area contributed by atoms with Crippen molar-refractivity contribution in [1.82, 2.24) is 9.73 Å². The van der Waals surface area contributed by atoms with Crippen LogP contribution in [0.25, 0.3) is 0 Å². The first kappa shape index (κ1) is 25.0. The fraction of sp³-hybridized carbons (Fsp3) is 0.217. The van der Waals surface area contributed by atoms with Crippen LogP contribution in [0, 0.1) is 0 Å². The fourth-order valence-electron chi connectivity index (χ4n) is 3.59. The largest absolute Gasteiger partial charge is 0.278 e. The Balaban J connectivity index is 1.47. The Hall–Kier alpha value is -3.06. The number of anilines is 1. The Morgan fingerprint density at radius 3 is 2.29 bits per heavy atom. The van der Waals surface area contributed by atoms with Crippen molar-refractivity contribution in [2.75, 3.05) is 17.8 Å². The van der Waals surface area contributed by atoms with Crippen LogP contribution >= 0.6 is 11.3 Å². The third kappa shape index (κ3) is 5.61. The number of hydrazone groups is 1. The zero-order valence-electron chi connectivity index (χ0n) is 18.8. The molecule has 0 spiro atoms. The molecule has 1 saturated heterocycles. The molecule has 0 unspecified atom stereocenters. The minimum absolute atomic E-state index is 0.108. The molecule has 0 atom stereocenters. The van der Waals surface area contributed by atoms with E-state index in [0.717, 1.165) is 24.2 Å². The number of thiophene rings is 1. The van der Waals surface area contributed by atoms with Crippen molar-refractivity contribution in [3.05, 3.63) is 77.2 Å². The lowest BCUT2D eigenvalue weighted by Crippen LogP contribution is -2.27. The van der Waals surface area contributed by atoms with Gasteiger partial charge in [-0.05, 0) is 61.0 Å². The van der Waals surface area contributed by atoms with Gasteiger partial charge in [-0.2, -0.15) is 9.41 Å². The van der Waals surface area contributed by atoms with E-state index in [2.05, 4.69) is 15.2 Å². The Morgan fingerprint density at radius 2 is 1.63 bits per heavy atom. The van der Waals surface area contributed by atoms with Crippen LogP contribution < -0.4 is 10.1 Å². The first-order chi connectivity index (χ1) is 16.7. The fourth-order valence-corrected chi connectivity index (χ4v) is 7.18. The van der Waals surface area contributed by atoms with Crippen LogP contribution in [0.1, 0.15) is 35.7 Å². The smallest absolute Gasteiger partial charge is 0.273 e. The third-order valence-electron chi connectivity index (χ3n) is 5.48. The minimum Gasteiger partial charge on any atom is -0.278 e. The Morgan fingerprint density at radius 1 is 0.943 bits per heavy atom. The van der Waals surface area contributed by atoms with E-state index in [0.29, 0.717) is 24.4 Å². The van der Waals surface area contributed by atoms with Gasteiger partial charge in [-0.15, -0.1) is 11.3 Å². The van der Waals surface area contributed by atoms with E-state index in [1.807, 2.05) is 0 Å². The predicted molar refractivity (Wildman–Crippen MR) is 136 cm³/mol. The minimum atomic E-state index is -3.82. The van der Waals surface area contributed by atoms with Crippen molar-refractivity contribution >= 4 is 48.7 Å². The van der Waals surface area contributed by atoms with Gasteiger partial charge in [-0.25, -0.2) is 22.3 Å². The summed E-state index contributed by atoms with van der Waals surface area (Å²) in [7, 11) is -7.33. The number of hydrogen-bond donors (Lipinski definition) is 2. The molecule has 1 amide bonds. The molecular formula is C23H24N4O5S3. The van der Waals surface area contributed by atoms with Crippen LogP contribution in [0.2, 0.25) is 0 Å². The number of carbonyl (C=O) groups is 1. The predicted octanol–water partition coefficient (Wildman–Crippen LogP) is 3.49. The van der Waals surface area contributed by atoms with E-state index in [1.54, 1.807) is 42.6 Å². The number of sulfonamides is 2. The molecule has 0 bridgehead atoms. The van der Waals surface area contributed by atoms with Crippen LogP contribution in [0.15, 0.2) is 80.2 Å². The molecule has 1 aliphatic heterocycles. The zero-order valence-corrected chi connectivity index (χ0v) is 21.3. The lowest BCUT2D eigenvalue weighted by Gasteiger charge is -2.15. The average Bonchev–Trinajstić information content (AvgIpc) is 3.58. The van der Waals surface area contributed by atoms with Crippen molar-refractivity contribution in [3.8, 4) is 0 Å². The highest BCUT2D eigenvalue weighted by Crippen LogP contribution is 2.23. The second kappa shape index (κ2) is 10.3. The van der Waals surface area contributed by atoms with Crippen LogP contribution in [0.5, 0.6) is 0 Å². The van der Waals surface area contributed by atoms with Gasteiger partial charge in [0.2, 0.25) is 10.0 Å². The van der Waals surface area contributed by atoms with E-state index in [1.165, 1.54) is 34.6 Å². The molecule has 1 aromatic heterocycles. The summed E-state index contributed by atoms with van der Waals surface area (Å²) in [5, 5.41) is 5.76. The molecule has 1 aliphatic rings. The maximum atomic E-state index is 12.8. The number of para-hydroxylation sites is 1. The first-order valence-corrected chi connectivity index (χ1v) is 14.6. The third-order valence-corrected chi connectivity index (χ3v) is 10.2. The first-order valence-electron chi connectivity index (χ1n) is 10.8. The highest BCUT2D eigenvalue weighted by atomic mass is 32.2. The molecule has 9 nitrogen and oxygen atoms in total. The summed E-state index contributed by atoms with van der Waals surface area (Å²) in [6, 6.07) is 15.7. The molecule has 0 radical (unpaired) electrons. The molecule has 3 aromatic rings. The number of rotatable bonds is 8. The standard InChI is InChI=1S/C23H24N4O5S3/c1-17(18-10-12-19(13-11-18)35(31,32)27-14-4-5-15-27)24-25-23(28)20-7-2-3-8-21(20)26-34(29,30)22-9-6-16-33-22/h2-3,6-13,16,26H,4-5,14-15H2,1H3,(H,25,28)/b24-17-. The Bertz CT molecular complexity index is 1440. The zero-order chi connectivity index (χ0) is 25.1. The van der Waals surface area contributed by atoms with E-state index in [4.69, 9.17) is 0 Å². The van der Waals surface area contributed by atoms with Gasteiger partial charge < -0.3 is 0 Å². The van der Waals surface area contributed by atoms with Gasteiger partial charge >= 0.3 is 0 Å². The maximum absolute atomic E-state index is 12.8. The van der Waals surface area contributed by atoms with Crippen molar-refractivity contribution in [3.63, 3.8) is 0 Å². The highest BCUT2D eigenvalue weighted by Gasteiger charge is 2.27. The molecule has 0 aliphatic carbocycles. The summed E-state index contributed by atoms with van der Waals surface area (Å²) >= 11 is 1.07. The van der Waals surface area contributed by atoms with E-state index >= 15 is 0 Å². The van der Waals surface area contributed by atoms with Gasteiger partial charge in [0.15, 0.2) is 0 Å². The summed E-state index contributed by atoms with van der Waals surface area (Å²) in [6.07, 6.45) is 1.72. The quantitative estimate of drug-likeness (QED) is 0.339. The normalized spacial score (nSPS) is 15.2. The van der Waals surface area contributed by atoms with Crippen LogP contribution in [-0.2, 0) is 20.0 Å². The number of nitrogens with one attached hydrogen (secondary N) is 2. The van der Waals surface area contributed by atoms with Crippen LogP contribution in [0.4, 0.5) is 5.69 Å². The molecule has 0 saturated carbocycles. The molecule has 1 fully saturated rings. The monoisotopic (exact) mass is 532 g/mol. The lowest BCUT2D eigenvalue weighted by molar-refractivity contribution is 0.0955. The van der Waals surface area contributed by atoms with E-state index in [9.17, 15) is 21.6 Å². The number of hydrogen-bond acceptors (Lipinski definition) is 7. The lowest BCUT2D eigenvalue weighted by atomic mass is 10.1. The summed E-state index contributed by atoms with van der Waals surface area (Å²) in [4.78, 5) is 13.0. The van der Waals surface area contributed by atoms with Gasteiger partial charge in [0.05, 0.1) is 21.9 Å². The van der Waals surface area contributed by atoms with Crippen LogP contribution in [-0.4, -0.2) is 45.8 Å². The number of carbonyl (C=O) groups excluding carboxylic acids is 1. The molecule has 184 valence electrons. The molecule has 2 aromatic carbocycles. The molecule has 2 heterocycles.